The second-order valence-corrected chi connectivity index (χ2v) is 7.55. The topological polar surface area (TPSA) is 67.9 Å². The zero-order valence-electron chi connectivity index (χ0n) is 17.9. The van der Waals surface area contributed by atoms with E-state index in [0.717, 1.165) is 17.7 Å². The number of halogens is 1. The third-order valence-electron chi connectivity index (χ3n) is 4.84. The quantitative estimate of drug-likeness (QED) is 0.614. The van der Waals surface area contributed by atoms with Gasteiger partial charge in [-0.25, -0.2) is 0 Å². The minimum Gasteiger partial charge on any atom is -0.497 e. The molecule has 0 spiro atoms. The van der Waals surface area contributed by atoms with Crippen LogP contribution in [0.2, 0.25) is 5.02 Å². The Morgan fingerprint density at radius 3 is 2.40 bits per heavy atom. The number of carbonyl (C=O) groups is 2. The fourth-order valence-corrected chi connectivity index (χ4v) is 2.94. The van der Waals surface area contributed by atoms with Gasteiger partial charge in [0.25, 0.3) is 5.91 Å². The van der Waals surface area contributed by atoms with Crippen LogP contribution in [0.5, 0.6) is 11.5 Å². The lowest BCUT2D eigenvalue weighted by molar-refractivity contribution is -0.142. The van der Waals surface area contributed by atoms with E-state index in [1.54, 1.807) is 38.3 Å². The largest absolute Gasteiger partial charge is 0.497 e. The molecule has 0 aliphatic rings. The molecule has 0 heterocycles. The summed E-state index contributed by atoms with van der Waals surface area (Å²) in [5, 5.41) is 3.46. The number of hydrogen-bond acceptors (Lipinski definition) is 4. The second-order valence-electron chi connectivity index (χ2n) is 7.11. The molecule has 1 N–H and O–H groups in total. The Bertz CT molecular complexity index is 841. The fraction of sp³-hybridized carbons (Fsp3) is 0.391. The van der Waals surface area contributed by atoms with Gasteiger partial charge in [-0.3, -0.25) is 9.59 Å². The average Bonchev–Trinajstić information content (AvgIpc) is 2.75. The van der Waals surface area contributed by atoms with Crippen molar-refractivity contribution in [3.63, 3.8) is 0 Å². The van der Waals surface area contributed by atoms with Gasteiger partial charge in [-0.05, 0) is 56.2 Å². The lowest BCUT2D eigenvalue weighted by Gasteiger charge is -2.29. The lowest BCUT2D eigenvalue weighted by Crippen LogP contribution is -2.50. The van der Waals surface area contributed by atoms with Crippen LogP contribution in [0.3, 0.4) is 0 Å². The Balaban J connectivity index is 2.15. The van der Waals surface area contributed by atoms with Crippen molar-refractivity contribution in [2.45, 2.75) is 45.8 Å². The Labute approximate surface area is 183 Å². The van der Waals surface area contributed by atoms with Crippen LogP contribution < -0.4 is 14.8 Å². The van der Waals surface area contributed by atoms with E-state index in [4.69, 9.17) is 21.1 Å². The molecule has 2 atom stereocenters. The monoisotopic (exact) mass is 432 g/mol. The van der Waals surface area contributed by atoms with Crippen molar-refractivity contribution in [3.05, 3.63) is 59.1 Å². The number of amides is 2. The zero-order chi connectivity index (χ0) is 22.1. The summed E-state index contributed by atoms with van der Waals surface area (Å²) in [5.74, 6) is 0.729. The van der Waals surface area contributed by atoms with Crippen LogP contribution >= 0.6 is 11.6 Å². The number of methoxy groups -OCH3 is 1. The van der Waals surface area contributed by atoms with Crippen molar-refractivity contribution in [3.8, 4) is 11.5 Å². The van der Waals surface area contributed by atoms with Crippen molar-refractivity contribution >= 4 is 23.4 Å². The van der Waals surface area contributed by atoms with E-state index < -0.39 is 6.04 Å². The van der Waals surface area contributed by atoms with Crippen molar-refractivity contribution in [2.24, 2.45) is 0 Å². The van der Waals surface area contributed by atoms with Gasteiger partial charge in [0, 0.05) is 17.6 Å². The molecule has 0 fully saturated rings. The highest BCUT2D eigenvalue weighted by Gasteiger charge is 2.27. The SMILES string of the molecule is CCC(C)NC(=O)C(C)N(Cc1ccc(OC)cc1)C(=O)COc1cccc(Cl)c1. The zero-order valence-corrected chi connectivity index (χ0v) is 18.6. The van der Waals surface area contributed by atoms with E-state index in [0.29, 0.717) is 10.8 Å². The molecule has 0 saturated heterocycles. The molecule has 2 unspecified atom stereocenters. The molecule has 0 aromatic heterocycles. The van der Waals surface area contributed by atoms with E-state index >= 15 is 0 Å². The number of benzene rings is 2. The molecule has 0 aliphatic heterocycles. The van der Waals surface area contributed by atoms with Crippen LogP contribution in [0.15, 0.2) is 48.5 Å². The van der Waals surface area contributed by atoms with E-state index in [1.807, 2.05) is 38.1 Å². The normalized spacial score (nSPS) is 12.6. The number of nitrogens with zero attached hydrogens (tertiary/aromatic N) is 1. The van der Waals surface area contributed by atoms with Crippen molar-refractivity contribution in [2.75, 3.05) is 13.7 Å². The van der Waals surface area contributed by atoms with Gasteiger partial charge in [-0.2, -0.15) is 0 Å². The minimum absolute atomic E-state index is 0.0283. The first-order valence-electron chi connectivity index (χ1n) is 9.95. The van der Waals surface area contributed by atoms with Gasteiger partial charge in [-0.1, -0.05) is 36.7 Å². The molecule has 0 saturated carbocycles. The first-order valence-corrected chi connectivity index (χ1v) is 10.3. The minimum atomic E-state index is -0.656. The van der Waals surface area contributed by atoms with Crippen molar-refractivity contribution in [1.82, 2.24) is 10.2 Å². The van der Waals surface area contributed by atoms with Gasteiger partial charge in [-0.15, -0.1) is 0 Å². The number of rotatable bonds is 10. The van der Waals surface area contributed by atoms with Crippen LogP contribution in [-0.4, -0.2) is 42.5 Å². The summed E-state index contributed by atoms with van der Waals surface area (Å²) in [5.41, 5.74) is 0.884. The molecule has 2 rings (SSSR count). The highest BCUT2D eigenvalue weighted by Crippen LogP contribution is 2.18. The number of hydrogen-bond donors (Lipinski definition) is 1. The molecule has 7 heteroatoms. The Morgan fingerprint density at radius 1 is 1.10 bits per heavy atom. The summed E-state index contributed by atoms with van der Waals surface area (Å²) in [4.78, 5) is 27.2. The molecule has 2 amide bonds. The van der Waals surface area contributed by atoms with Gasteiger partial charge < -0.3 is 19.7 Å². The molecular weight excluding hydrogens is 404 g/mol. The van der Waals surface area contributed by atoms with Gasteiger partial charge in [0.1, 0.15) is 17.5 Å². The third-order valence-corrected chi connectivity index (χ3v) is 5.07. The Morgan fingerprint density at radius 2 is 1.80 bits per heavy atom. The second kappa shape index (κ2) is 11.5. The molecular formula is C23H29ClN2O4. The molecule has 2 aromatic rings. The maximum absolute atomic E-state index is 13.0. The predicted molar refractivity (Wildman–Crippen MR) is 118 cm³/mol. The Hall–Kier alpha value is -2.73. The van der Waals surface area contributed by atoms with E-state index in [-0.39, 0.29) is 31.0 Å². The van der Waals surface area contributed by atoms with Gasteiger partial charge in [0.05, 0.1) is 7.11 Å². The molecule has 162 valence electrons. The van der Waals surface area contributed by atoms with Crippen molar-refractivity contribution < 1.29 is 19.1 Å². The molecule has 6 nitrogen and oxygen atoms in total. The standard InChI is InChI=1S/C23H29ClN2O4/c1-5-16(2)25-23(28)17(3)26(14-18-9-11-20(29-4)12-10-18)22(27)15-30-21-8-6-7-19(24)13-21/h6-13,16-17H,5,14-15H2,1-4H3,(H,25,28). The summed E-state index contributed by atoms with van der Waals surface area (Å²) in [6, 6.07) is 13.6. The molecule has 30 heavy (non-hydrogen) atoms. The average molecular weight is 433 g/mol. The highest BCUT2D eigenvalue weighted by atomic mass is 35.5. The molecule has 0 bridgehead atoms. The van der Waals surface area contributed by atoms with Crippen LogP contribution in [0, 0.1) is 0 Å². The fourth-order valence-electron chi connectivity index (χ4n) is 2.76. The summed E-state index contributed by atoms with van der Waals surface area (Å²) in [6.07, 6.45) is 0.808. The van der Waals surface area contributed by atoms with Crippen LogP contribution in [-0.2, 0) is 16.1 Å². The third kappa shape index (κ3) is 6.95. The molecule has 2 aromatic carbocycles. The predicted octanol–water partition coefficient (Wildman–Crippen LogP) is 4.06. The van der Waals surface area contributed by atoms with E-state index in [9.17, 15) is 9.59 Å². The molecule has 0 radical (unpaired) electrons. The summed E-state index contributed by atoms with van der Waals surface area (Å²) in [6.45, 7) is 5.73. The van der Waals surface area contributed by atoms with Gasteiger partial charge in [0.2, 0.25) is 5.91 Å². The van der Waals surface area contributed by atoms with Gasteiger partial charge >= 0.3 is 0 Å². The number of carbonyl (C=O) groups excluding carboxylic acids is 2. The summed E-state index contributed by atoms with van der Waals surface area (Å²) < 4.78 is 10.8. The lowest BCUT2D eigenvalue weighted by atomic mass is 10.1. The maximum atomic E-state index is 13.0. The Kier molecular flexibility index (Phi) is 8.99. The first kappa shape index (κ1) is 23.5. The van der Waals surface area contributed by atoms with E-state index in [1.165, 1.54) is 4.90 Å². The first-order chi connectivity index (χ1) is 14.3. The van der Waals surface area contributed by atoms with Crippen molar-refractivity contribution in [1.29, 1.82) is 0 Å². The van der Waals surface area contributed by atoms with E-state index in [2.05, 4.69) is 5.32 Å². The van der Waals surface area contributed by atoms with Crippen LogP contribution in [0.25, 0.3) is 0 Å². The van der Waals surface area contributed by atoms with Crippen LogP contribution in [0.1, 0.15) is 32.8 Å². The highest BCUT2D eigenvalue weighted by molar-refractivity contribution is 6.30. The maximum Gasteiger partial charge on any atom is 0.261 e. The molecule has 0 aliphatic carbocycles. The smallest absolute Gasteiger partial charge is 0.261 e. The van der Waals surface area contributed by atoms with Crippen LogP contribution in [0.4, 0.5) is 0 Å². The number of nitrogens with one attached hydrogen (secondary N) is 1. The number of ether oxygens (including phenoxy) is 2. The summed E-state index contributed by atoms with van der Waals surface area (Å²) in [7, 11) is 1.60. The summed E-state index contributed by atoms with van der Waals surface area (Å²) >= 11 is 5.97. The van der Waals surface area contributed by atoms with Gasteiger partial charge in [0.15, 0.2) is 6.61 Å².